The van der Waals surface area contributed by atoms with Gasteiger partial charge in [-0.25, -0.2) is 4.68 Å². The first kappa shape index (κ1) is 19.3. The molecule has 0 bridgehead atoms. The van der Waals surface area contributed by atoms with Gasteiger partial charge in [-0.05, 0) is 43.9 Å². The molecule has 6 nitrogen and oxygen atoms in total. The highest BCUT2D eigenvalue weighted by atomic mass is 16.1. The molecule has 2 heterocycles. The summed E-state index contributed by atoms with van der Waals surface area (Å²) in [5, 5.41) is 11.2. The molecule has 3 rings (SSSR count). The Kier molecular flexibility index (Phi) is 6.76. The van der Waals surface area contributed by atoms with E-state index in [1.165, 1.54) is 18.9 Å². The third kappa shape index (κ3) is 6.03. The zero-order valence-corrected chi connectivity index (χ0v) is 16.2. The van der Waals surface area contributed by atoms with Crippen molar-refractivity contribution >= 4 is 12.0 Å². The zero-order valence-electron chi connectivity index (χ0n) is 16.2. The van der Waals surface area contributed by atoms with Crippen molar-refractivity contribution in [3.05, 3.63) is 53.9 Å². The second-order valence-electron chi connectivity index (χ2n) is 7.50. The first-order valence-corrected chi connectivity index (χ1v) is 9.74. The van der Waals surface area contributed by atoms with Gasteiger partial charge >= 0.3 is 0 Å². The SMILES string of the molecule is CC1CCCN(C(C)CNC(=O)C=Cc2cn(Cc3ccccc3)nn2)C1. The Morgan fingerprint density at radius 1 is 1.37 bits per heavy atom. The quantitative estimate of drug-likeness (QED) is 0.764. The monoisotopic (exact) mass is 367 g/mol. The molecule has 144 valence electrons. The van der Waals surface area contributed by atoms with E-state index in [0.717, 1.165) is 24.6 Å². The summed E-state index contributed by atoms with van der Waals surface area (Å²) < 4.78 is 1.77. The number of carbonyl (C=O) groups excluding carboxylic acids is 1. The zero-order chi connectivity index (χ0) is 19.1. The van der Waals surface area contributed by atoms with Crippen LogP contribution in [-0.4, -0.2) is 51.5 Å². The molecule has 1 aromatic heterocycles. The molecular weight excluding hydrogens is 338 g/mol. The summed E-state index contributed by atoms with van der Waals surface area (Å²) in [6.45, 7) is 8.05. The third-order valence-corrected chi connectivity index (χ3v) is 5.03. The lowest BCUT2D eigenvalue weighted by atomic mass is 9.99. The van der Waals surface area contributed by atoms with Crippen LogP contribution in [0.25, 0.3) is 6.08 Å². The Labute approximate surface area is 161 Å². The largest absolute Gasteiger partial charge is 0.351 e. The molecule has 2 atom stereocenters. The summed E-state index contributed by atoms with van der Waals surface area (Å²) in [5.74, 6) is 0.653. The number of nitrogens with zero attached hydrogens (tertiary/aromatic N) is 4. The lowest BCUT2D eigenvalue weighted by molar-refractivity contribution is -0.116. The van der Waals surface area contributed by atoms with Crippen molar-refractivity contribution in [1.82, 2.24) is 25.2 Å². The number of likely N-dealkylation sites (tertiary alicyclic amines) is 1. The van der Waals surface area contributed by atoms with Crippen LogP contribution < -0.4 is 5.32 Å². The van der Waals surface area contributed by atoms with Crippen LogP contribution in [0.4, 0.5) is 0 Å². The van der Waals surface area contributed by atoms with E-state index in [1.54, 1.807) is 10.8 Å². The minimum Gasteiger partial charge on any atom is -0.351 e. The van der Waals surface area contributed by atoms with Gasteiger partial charge < -0.3 is 5.32 Å². The van der Waals surface area contributed by atoms with Crippen molar-refractivity contribution in [2.24, 2.45) is 5.92 Å². The normalized spacial score (nSPS) is 19.3. The van der Waals surface area contributed by atoms with E-state index in [2.05, 4.69) is 46.5 Å². The van der Waals surface area contributed by atoms with Gasteiger partial charge in [0.15, 0.2) is 0 Å². The van der Waals surface area contributed by atoms with Crippen molar-refractivity contribution in [2.45, 2.75) is 39.3 Å². The smallest absolute Gasteiger partial charge is 0.244 e. The van der Waals surface area contributed by atoms with E-state index in [0.29, 0.717) is 24.8 Å². The predicted octanol–water partition coefficient (Wildman–Crippen LogP) is 2.58. The predicted molar refractivity (Wildman–Crippen MR) is 107 cm³/mol. The Hall–Kier alpha value is -2.47. The summed E-state index contributed by atoms with van der Waals surface area (Å²) in [7, 11) is 0. The molecule has 0 radical (unpaired) electrons. The van der Waals surface area contributed by atoms with Crippen LogP contribution in [0, 0.1) is 5.92 Å². The van der Waals surface area contributed by atoms with E-state index in [-0.39, 0.29) is 5.91 Å². The second kappa shape index (κ2) is 9.46. The first-order chi connectivity index (χ1) is 13.1. The van der Waals surface area contributed by atoms with Gasteiger partial charge in [-0.1, -0.05) is 42.5 Å². The van der Waals surface area contributed by atoms with Gasteiger partial charge in [0.1, 0.15) is 5.69 Å². The van der Waals surface area contributed by atoms with E-state index in [4.69, 9.17) is 0 Å². The van der Waals surface area contributed by atoms with Crippen LogP contribution >= 0.6 is 0 Å². The van der Waals surface area contributed by atoms with Gasteiger partial charge in [-0.15, -0.1) is 5.10 Å². The molecule has 1 N–H and O–H groups in total. The minimum atomic E-state index is -0.0930. The van der Waals surface area contributed by atoms with Crippen molar-refractivity contribution in [1.29, 1.82) is 0 Å². The van der Waals surface area contributed by atoms with E-state index < -0.39 is 0 Å². The standard InChI is InChI=1S/C21H29N5O/c1-17-7-6-12-25(14-17)18(2)13-22-21(27)11-10-20-16-26(24-23-20)15-19-8-4-3-5-9-19/h3-5,8-11,16-18H,6-7,12-15H2,1-2H3,(H,22,27). The van der Waals surface area contributed by atoms with Crippen molar-refractivity contribution in [3.8, 4) is 0 Å². The molecule has 0 spiro atoms. The fourth-order valence-electron chi connectivity index (χ4n) is 3.46. The molecule has 2 aromatic rings. The van der Waals surface area contributed by atoms with Gasteiger partial charge in [0.05, 0.1) is 12.7 Å². The topological polar surface area (TPSA) is 63.1 Å². The fourth-order valence-corrected chi connectivity index (χ4v) is 3.46. The maximum absolute atomic E-state index is 12.1. The van der Waals surface area contributed by atoms with Gasteiger partial charge in [0.25, 0.3) is 0 Å². The summed E-state index contributed by atoms with van der Waals surface area (Å²) in [4.78, 5) is 14.6. The van der Waals surface area contributed by atoms with E-state index in [9.17, 15) is 4.79 Å². The summed E-state index contributed by atoms with van der Waals surface area (Å²) >= 11 is 0. The molecule has 0 aliphatic carbocycles. The average molecular weight is 367 g/mol. The molecule has 0 saturated carbocycles. The van der Waals surface area contributed by atoms with E-state index >= 15 is 0 Å². The number of hydrogen-bond acceptors (Lipinski definition) is 4. The van der Waals surface area contributed by atoms with Gasteiger partial charge in [-0.3, -0.25) is 9.69 Å². The molecule has 1 fully saturated rings. The molecule has 27 heavy (non-hydrogen) atoms. The maximum Gasteiger partial charge on any atom is 0.244 e. The van der Waals surface area contributed by atoms with Crippen LogP contribution in [0.2, 0.25) is 0 Å². The number of benzene rings is 1. The molecule has 6 heteroatoms. The van der Waals surface area contributed by atoms with Crippen molar-refractivity contribution < 1.29 is 4.79 Å². The van der Waals surface area contributed by atoms with Gasteiger partial charge in [0, 0.05) is 25.2 Å². The highest BCUT2D eigenvalue weighted by Gasteiger charge is 2.20. The molecule has 1 saturated heterocycles. The number of piperidine rings is 1. The molecule has 1 aliphatic heterocycles. The van der Waals surface area contributed by atoms with Gasteiger partial charge in [-0.2, -0.15) is 0 Å². The highest BCUT2D eigenvalue weighted by molar-refractivity contribution is 5.91. The lowest BCUT2D eigenvalue weighted by Crippen LogP contribution is -2.46. The Bertz CT molecular complexity index is 755. The highest BCUT2D eigenvalue weighted by Crippen LogP contribution is 2.17. The number of nitrogens with one attached hydrogen (secondary N) is 1. The first-order valence-electron chi connectivity index (χ1n) is 9.74. The summed E-state index contributed by atoms with van der Waals surface area (Å²) in [5.41, 5.74) is 1.84. The number of amides is 1. The fraction of sp³-hybridized carbons (Fsp3) is 0.476. The maximum atomic E-state index is 12.1. The molecular formula is C21H29N5O. The van der Waals surface area contributed by atoms with Crippen molar-refractivity contribution in [2.75, 3.05) is 19.6 Å². The molecule has 1 amide bonds. The van der Waals surface area contributed by atoms with Crippen LogP contribution in [0.5, 0.6) is 0 Å². The number of hydrogen-bond donors (Lipinski definition) is 1. The summed E-state index contributed by atoms with van der Waals surface area (Å²) in [6, 6.07) is 10.5. The van der Waals surface area contributed by atoms with Crippen LogP contribution in [-0.2, 0) is 11.3 Å². The average Bonchev–Trinajstić information content (AvgIpc) is 3.12. The van der Waals surface area contributed by atoms with Crippen molar-refractivity contribution in [3.63, 3.8) is 0 Å². The number of carbonyl (C=O) groups is 1. The minimum absolute atomic E-state index is 0.0930. The number of rotatable bonds is 7. The van der Waals surface area contributed by atoms with E-state index in [1.807, 2.05) is 24.4 Å². The molecule has 1 aliphatic rings. The third-order valence-electron chi connectivity index (χ3n) is 5.03. The molecule has 1 aromatic carbocycles. The van der Waals surface area contributed by atoms with Crippen LogP contribution in [0.15, 0.2) is 42.6 Å². The van der Waals surface area contributed by atoms with Crippen LogP contribution in [0.3, 0.4) is 0 Å². The lowest BCUT2D eigenvalue weighted by Gasteiger charge is -2.35. The molecule has 2 unspecified atom stereocenters. The van der Waals surface area contributed by atoms with Gasteiger partial charge in [0.2, 0.25) is 5.91 Å². The Morgan fingerprint density at radius 2 is 2.19 bits per heavy atom. The Morgan fingerprint density at radius 3 is 2.96 bits per heavy atom. The second-order valence-corrected chi connectivity index (χ2v) is 7.50. The summed E-state index contributed by atoms with van der Waals surface area (Å²) in [6.07, 6.45) is 7.63. The Balaban J connectivity index is 1.44. The van der Waals surface area contributed by atoms with Crippen LogP contribution in [0.1, 0.15) is 37.9 Å². The number of aromatic nitrogens is 3.